The van der Waals surface area contributed by atoms with Crippen LogP contribution in [-0.2, 0) is 11.2 Å². The zero-order valence-corrected chi connectivity index (χ0v) is 14.0. The topological polar surface area (TPSA) is 64.4 Å². The summed E-state index contributed by atoms with van der Waals surface area (Å²) in [7, 11) is 0. The SMILES string of the molecule is O=C(Cc1noc2ccccc12)NCC#CCOc1ccccc1Cl. The molecule has 0 bridgehead atoms. The molecule has 5 nitrogen and oxygen atoms in total. The largest absolute Gasteiger partial charge is 0.479 e. The quantitative estimate of drug-likeness (QED) is 0.714. The summed E-state index contributed by atoms with van der Waals surface area (Å²) >= 11 is 5.97. The molecule has 1 aromatic heterocycles. The van der Waals surface area contributed by atoms with Crippen molar-refractivity contribution in [1.82, 2.24) is 10.5 Å². The fraction of sp³-hybridized carbons (Fsp3) is 0.158. The van der Waals surface area contributed by atoms with Crippen LogP contribution in [0.5, 0.6) is 5.75 Å². The Balaban J connectivity index is 1.43. The summed E-state index contributed by atoms with van der Waals surface area (Å²) < 4.78 is 10.6. The van der Waals surface area contributed by atoms with Gasteiger partial charge in [-0.25, -0.2) is 0 Å². The Labute approximate surface area is 149 Å². The molecule has 0 radical (unpaired) electrons. The zero-order chi connectivity index (χ0) is 17.5. The number of fused-ring (bicyclic) bond motifs is 1. The fourth-order valence-electron chi connectivity index (χ4n) is 2.21. The maximum Gasteiger partial charge on any atom is 0.226 e. The standard InChI is InChI=1S/C19H15ClN2O3/c20-15-8-2-4-10-18(15)24-12-6-5-11-21-19(23)13-16-14-7-1-3-9-17(14)25-22-16/h1-4,7-10H,11-13H2,(H,21,23). The molecule has 0 unspecified atom stereocenters. The first-order chi connectivity index (χ1) is 12.2. The van der Waals surface area contributed by atoms with Crippen molar-refractivity contribution in [3.8, 4) is 17.6 Å². The van der Waals surface area contributed by atoms with Crippen molar-refractivity contribution in [2.75, 3.05) is 13.2 Å². The van der Waals surface area contributed by atoms with E-state index >= 15 is 0 Å². The maximum absolute atomic E-state index is 11.9. The average Bonchev–Trinajstić information content (AvgIpc) is 3.02. The summed E-state index contributed by atoms with van der Waals surface area (Å²) in [4.78, 5) is 11.9. The summed E-state index contributed by atoms with van der Waals surface area (Å²) in [5, 5.41) is 8.03. The van der Waals surface area contributed by atoms with E-state index in [1.54, 1.807) is 12.1 Å². The molecular weight excluding hydrogens is 340 g/mol. The van der Waals surface area contributed by atoms with Crippen LogP contribution in [0.2, 0.25) is 5.02 Å². The van der Waals surface area contributed by atoms with E-state index in [1.165, 1.54) is 0 Å². The minimum Gasteiger partial charge on any atom is -0.479 e. The van der Waals surface area contributed by atoms with Crippen LogP contribution in [0.3, 0.4) is 0 Å². The highest BCUT2D eigenvalue weighted by Gasteiger charge is 2.11. The number of carbonyl (C=O) groups excluding carboxylic acids is 1. The van der Waals surface area contributed by atoms with Crippen LogP contribution in [0.4, 0.5) is 0 Å². The molecule has 0 aliphatic rings. The number of hydrogen-bond donors (Lipinski definition) is 1. The number of halogens is 1. The predicted octanol–water partition coefficient (Wildman–Crippen LogP) is 3.22. The number of nitrogens with zero attached hydrogens (tertiary/aromatic N) is 1. The lowest BCUT2D eigenvalue weighted by molar-refractivity contribution is -0.120. The summed E-state index contributed by atoms with van der Waals surface area (Å²) in [5.74, 6) is 6.07. The first-order valence-corrected chi connectivity index (χ1v) is 8.05. The Bertz CT molecular complexity index is 940. The Morgan fingerprint density at radius 3 is 2.84 bits per heavy atom. The lowest BCUT2D eigenvalue weighted by Gasteiger charge is -2.03. The van der Waals surface area contributed by atoms with Crippen molar-refractivity contribution in [3.05, 3.63) is 59.2 Å². The van der Waals surface area contributed by atoms with Gasteiger partial charge in [0.25, 0.3) is 0 Å². The lowest BCUT2D eigenvalue weighted by Crippen LogP contribution is -2.25. The van der Waals surface area contributed by atoms with Crippen molar-refractivity contribution in [3.63, 3.8) is 0 Å². The number of carbonyl (C=O) groups is 1. The molecule has 1 heterocycles. The highest BCUT2D eigenvalue weighted by molar-refractivity contribution is 6.32. The third kappa shape index (κ3) is 4.52. The summed E-state index contributed by atoms with van der Waals surface area (Å²) in [6.07, 6.45) is 0.148. The fourth-order valence-corrected chi connectivity index (χ4v) is 2.40. The van der Waals surface area contributed by atoms with E-state index < -0.39 is 0 Å². The van der Waals surface area contributed by atoms with E-state index in [0.29, 0.717) is 22.0 Å². The molecule has 25 heavy (non-hydrogen) atoms. The van der Waals surface area contributed by atoms with Gasteiger partial charge in [0.2, 0.25) is 5.91 Å². The van der Waals surface area contributed by atoms with E-state index in [4.69, 9.17) is 20.9 Å². The molecule has 0 spiro atoms. The van der Waals surface area contributed by atoms with Gasteiger partial charge in [-0.05, 0) is 24.3 Å². The third-order valence-electron chi connectivity index (χ3n) is 3.42. The smallest absolute Gasteiger partial charge is 0.226 e. The second-order valence-electron chi connectivity index (χ2n) is 5.15. The highest BCUT2D eigenvalue weighted by Crippen LogP contribution is 2.22. The molecule has 0 aliphatic heterocycles. The average molecular weight is 355 g/mol. The van der Waals surface area contributed by atoms with Gasteiger partial charge >= 0.3 is 0 Å². The van der Waals surface area contributed by atoms with Crippen LogP contribution in [0, 0.1) is 11.8 Å². The molecule has 6 heteroatoms. The number of hydrogen-bond acceptors (Lipinski definition) is 4. The molecule has 0 fully saturated rings. The molecule has 126 valence electrons. The van der Waals surface area contributed by atoms with Gasteiger partial charge in [0.1, 0.15) is 18.1 Å². The number of ether oxygens (including phenoxy) is 1. The van der Waals surface area contributed by atoms with Crippen molar-refractivity contribution in [2.45, 2.75) is 6.42 Å². The normalized spacial score (nSPS) is 10.1. The van der Waals surface area contributed by atoms with Crippen LogP contribution in [-0.4, -0.2) is 24.2 Å². The van der Waals surface area contributed by atoms with Crippen molar-refractivity contribution < 1.29 is 14.1 Å². The van der Waals surface area contributed by atoms with Crippen molar-refractivity contribution in [1.29, 1.82) is 0 Å². The first-order valence-electron chi connectivity index (χ1n) is 7.67. The first kappa shape index (κ1) is 16.9. The zero-order valence-electron chi connectivity index (χ0n) is 13.3. The number of rotatable bonds is 5. The summed E-state index contributed by atoms with van der Waals surface area (Å²) in [6.45, 7) is 0.439. The second-order valence-corrected chi connectivity index (χ2v) is 5.56. The highest BCUT2D eigenvalue weighted by atomic mass is 35.5. The maximum atomic E-state index is 11.9. The molecule has 3 aromatic rings. The molecule has 0 saturated heterocycles. The molecule has 1 amide bonds. The minimum atomic E-state index is -0.166. The van der Waals surface area contributed by atoms with Gasteiger partial charge in [0.15, 0.2) is 5.58 Å². The Hall–Kier alpha value is -2.97. The molecular formula is C19H15ClN2O3. The number of aromatic nitrogens is 1. The van der Waals surface area contributed by atoms with Gasteiger partial charge in [-0.15, -0.1) is 0 Å². The Morgan fingerprint density at radius 1 is 1.16 bits per heavy atom. The molecule has 0 atom stereocenters. The summed E-state index contributed by atoms with van der Waals surface area (Å²) in [6, 6.07) is 14.6. The van der Waals surface area contributed by atoms with Crippen molar-refractivity contribution in [2.24, 2.45) is 0 Å². The van der Waals surface area contributed by atoms with Gasteiger partial charge in [0, 0.05) is 5.39 Å². The Kier molecular flexibility index (Phi) is 5.55. The molecule has 3 rings (SSSR count). The van der Waals surface area contributed by atoms with Crippen molar-refractivity contribution >= 4 is 28.5 Å². The van der Waals surface area contributed by atoms with Crippen LogP contribution in [0.25, 0.3) is 11.0 Å². The minimum absolute atomic E-state index is 0.148. The van der Waals surface area contributed by atoms with Gasteiger partial charge in [-0.1, -0.05) is 52.9 Å². The van der Waals surface area contributed by atoms with Crippen LogP contribution < -0.4 is 10.1 Å². The number of benzene rings is 2. The molecule has 0 saturated carbocycles. The number of nitrogens with one attached hydrogen (secondary N) is 1. The van der Waals surface area contributed by atoms with Crippen LogP contribution >= 0.6 is 11.6 Å². The lowest BCUT2D eigenvalue weighted by atomic mass is 10.1. The van der Waals surface area contributed by atoms with Gasteiger partial charge in [0.05, 0.1) is 18.0 Å². The second kappa shape index (κ2) is 8.22. The monoisotopic (exact) mass is 354 g/mol. The number of amides is 1. The Morgan fingerprint density at radius 2 is 1.96 bits per heavy atom. The third-order valence-corrected chi connectivity index (χ3v) is 3.73. The molecule has 0 aliphatic carbocycles. The van der Waals surface area contributed by atoms with E-state index in [0.717, 1.165) is 5.39 Å². The van der Waals surface area contributed by atoms with Gasteiger partial charge in [-0.2, -0.15) is 0 Å². The molecule has 1 N–H and O–H groups in total. The predicted molar refractivity (Wildman–Crippen MR) is 95.4 cm³/mol. The van der Waals surface area contributed by atoms with E-state index in [2.05, 4.69) is 22.3 Å². The van der Waals surface area contributed by atoms with Gasteiger partial charge < -0.3 is 14.6 Å². The van der Waals surface area contributed by atoms with E-state index in [1.807, 2.05) is 36.4 Å². The summed E-state index contributed by atoms with van der Waals surface area (Å²) in [5.41, 5.74) is 1.28. The molecule has 2 aromatic carbocycles. The van der Waals surface area contributed by atoms with E-state index in [-0.39, 0.29) is 25.5 Å². The van der Waals surface area contributed by atoms with E-state index in [9.17, 15) is 4.79 Å². The van der Waals surface area contributed by atoms with Crippen LogP contribution in [0.15, 0.2) is 53.1 Å². The van der Waals surface area contributed by atoms with Crippen LogP contribution in [0.1, 0.15) is 5.69 Å². The number of para-hydroxylation sites is 2. The van der Waals surface area contributed by atoms with Gasteiger partial charge in [-0.3, -0.25) is 4.79 Å².